The Morgan fingerprint density at radius 3 is 3.00 bits per heavy atom. The Morgan fingerprint density at radius 2 is 2.38 bits per heavy atom. The molecule has 1 aromatic rings. The van der Waals surface area contributed by atoms with Crippen LogP contribution in [0.4, 0.5) is 0 Å². The summed E-state index contributed by atoms with van der Waals surface area (Å²) in [5.41, 5.74) is 0. The summed E-state index contributed by atoms with van der Waals surface area (Å²) in [5, 5.41) is 2.75. The van der Waals surface area contributed by atoms with Gasteiger partial charge in [0, 0.05) is 18.4 Å². The van der Waals surface area contributed by atoms with E-state index in [0.717, 1.165) is 18.2 Å². The summed E-state index contributed by atoms with van der Waals surface area (Å²) >= 11 is 4.69. The lowest BCUT2D eigenvalue weighted by molar-refractivity contribution is 0.455. The number of hydrogen-bond acceptors (Lipinski definition) is 3. The standard InChI is InChI=1S/C10H14BrNO2S2/c11-5-3-9-4-6-12(8-9)16(13,14)10-2-1-7-15-10/h1-2,7,9H,3-6,8H2. The molecule has 1 unspecified atom stereocenters. The maximum absolute atomic E-state index is 12.2. The summed E-state index contributed by atoms with van der Waals surface area (Å²) in [6, 6.07) is 3.46. The van der Waals surface area contributed by atoms with Gasteiger partial charge in [0.2, 0.25) is 0 Å². The summed E-state index contributed by atoms with van der Waals surface area (Å²) in [6.07, 6.45) is 2.03. The van der Waals surface area contributed by atoms with Crippen LogP contribution in [0.2, 0.25) is 0 Å². The Labute approximate surface area is 109 Å². The molecule has 0 spiro atoms. The number of thiophene rings is 1. The van der Waals surface area contributed by atoms with Crippen molar-refractivity contribution in [2.24, 2.45) is 5.92 Å². The molecule has 0 saturated carbocycles. The second-order valence-corrected chi connectivity index (χ2v) is 7.83. The molecular weight excluding hydrogens is 310 g/mol. The first kappa shape index (κ1) is 12.5. The van der Waals surface area contributed by atoms with Crippen molar-refractivity contribution in [1.82, 2.24) is 4.31 Å². The minimum Gasteiger partial charge on any atom is -0.206 e. The number of sulfonamides is 1. The smallest absolute Gasteiger partial charge is 0.206 e. The molecule has 0 aromatic carbocycles. The Morgan fingerprint density at radius 1 is 1.56 bits per heavy atom. The molecular formula is C10H14BrNO2S2. The van der Waals surface area contributed by atoms with Gasteiger partial charge in [-0.15, -0.1) is 11.3 Å². The summed E-state index contributed by atoms with van der Waals surface area (Å²) in [6.45, 7) is 1.34. The average molecular weight is 324 g/mol. The molecule has 1 saturated heterocycles. The van der Waals surface area contributed by atoms with Crippen LogP contribution < -0.4 is 0 Å². The summed E-state index contributed by atoms with van der Waals surface area (Å²) in [5.74, 6) is 0.508. The third-order valence-corrected chi connectivity index (χ3v) is 6.55. The fraction of sp³-hybridized carbons (Fsp3) is 0.600. The van der Waals surface area contributed by atoms with E-state index in [2.05, 4.69) is 15.9 Å². The van der Waals surface area contributed by atoms with E-state index < -0.39 is 10.0 Å². The van der Waals surface area contributed by atoms with E-state index in [1.807, 2.05) is 0 Å². The molecule has 1 fully saturated rings. The Bertz CT molecular complexity index is 430. The predicted molar refractivity (Wildman–Crippen MR) is 69.6 cm³/mol. The number of rotatable bonds is 4. The van der Waals surface area contributed by atoms with Gasteiger partial charge in [-0.3, -0.25) is 0 Å². The van der Waals surface area contributed by atoms with E-state index in [9.17, 15) is 8.42 Å². The van der Waals surface area contributed by atoms with Crippen molar-refractivity contribution in [2.75, 3.05) is 18.4 Å². The van der Waals surface area contributed by atoms with Crippen LogP contribution in [0.3, 0.4) is 0 Å². The zero-order valence-corrected chi connectivity index (χ0v) is 12.0. The molecule has 0 radical (unpaired) electrons. The Hall–Kier alpha value is 0.0900. The first-order valence-corrected chi connectivity index (χ1v) is 8.68. The monoisotopic (exact) mass is 323 g/mol. The summed E-state index contributed by atoms with van der Waals surface area (Å²) in [7, 11) is -3.21. The van der Waals surface area contributed by atoms with Crippen LogP contribution >= 0.6 is 27.3 Å². The zero-order chi connectivity index (χ0) is 11.6. The van der Waals surface area contributed by atoms with Gasteiger partial charge in [0.1, 0.15) is 4.21 Å². The maximum Gasteiger partial charge on any atom is 0.252 e. The largest absolute Gasteiger partial charge is 0.252 e. The molecule has 0 aliphatic carbocycles. The van der Waals surface area contributed by atoms with Crippen LogP contribution in [0, 0.1) is 5.92 Å². The van der Waals surface area contributed by atoms with E-state index in [1.165, 1.54) is 11.3 Å². The van der Waals surface area contributed by atoms with Crippen molar-refractivity contribution in [1.29, 1.82) is 0 Å². The molecule has 2 rings (SSSR count). The molecule has 3 nitrogen and oxygen atoms in total. The van der Waals surface area contributed by atoms with Gasteiger partial charge in [-0.05, 0) is 30.2 Å². The van der Waals surface area contributed by atoms with Gasteiger partial charge in [-0.25, -0.2) is 8.42 Å². The van der Waals surface area contributed by atoms with Gasteiger partial charge in [-0.1, -0.05) is 22.0 Å². The topological polar surface area (TPSA) is 37.4 Å². The van der Waals surface area contributed by atoms with Crippen LogP contribution in [-0.2, 0) is 10.0 Å². The van der Waals surface area contributed by atoms with E-state index in [0.29, 0.717) is 23.2 Å². The third-order valence-electron chi connectivity index (χ3n) is 2.86. The van der Waals surface area contributed by atoms with Crippen molar-refractivity contribution < 1.29 is 8.42 Å². The molecule has 16 heavy (non-hydrogen) atoms. The van der Waals surface area contributed by atoms with Gasteiger partial charge in [-0.2, -0.15) is 4.31 Å². The molecule has 1 aromatic heterocycles. The quantitative estimate of drug-likeness (QED) is 0.798. The van der Waals surface area contributed by atoms with Crippen LogP contribution in [0.15, 0.2) is 21.7 Å². The molecule has 1 aliphatic heterocycles. The van der Waals surface area contributed by atoms with Crippen molar-refractivity contribution >= 4 is 37.3 Å². The maximum atomic E-state index is 12.2. The number of alkyl halides is 1. The van der Waals surface area contributed by atoms with Crippen LogP contribution in [0.25, 0.3) is 0 Å². The lowest BCUT2D eigenvalue weighted by Gasteiger charge is -2.14. The van der Waals surface area contributed by atoms with Gasteiger partial charge in [0.25, 0.3) is 10.0 Å². The normalized spacial score (nSPS) is 22.7. The molecule has 90 valence electrons. The van der Waals surface area contributed by atoms with E-state index in [4.69, 9.17) is 0 Å². The number of hydrogen-bond donors (Lipinski definition) is 0. The van der Waals surface area contributed by atoms with Gasteiger partial charge in [0.05, 0.1) is 0 Å². The fourth-order valence-corrected chi connectivity index (χ4v) is 5.27. The van der Waals surface area contributed by atoms with Gasteiger partial charge in [0.15, 0.2) is 0 Å². The second-order valence-electron chi connectivity index (χ2n) is 3.93. The summed E-state index contributed by atoms with van der Waals surface area (Å²) in [4.78, 5) is 0. The highest BCUT2D eigenvalue weighted by molar-refractivity contribution is 9.09. The van der Waals surface area contributed by atoms with E-state index >= 15 is 0 Å². The van der Waals surface area contributed by atoms with Crippen LogP contribution in [-0.4, -0.2) is 31.1 Å². The Kier molecular flexibility index (Phi) is 4.05. The van der Waals surface area contributed by atoms with Crippen molar-refractivity contribution in [3.63, 3.8) is 0 Å². The first-order valence-electron chi connectivity index (χ1n) is 5.24. The van der Waals surface area contributed by atoms with Crippen LogP contribution in [0.5, 0.6) is 0 Å². The SMILES string of the molecule is O=S(=O)(c1cccs1)N1CCC(CCBr)C1. The number of halogens is 1. The first-order chi connectivity index (χ1) is 7.64. The molecule has 1 aliphatic rings. The molecule has 1 atom stereocenters. The predicted octanol–water partition coefficient (Wildman–Crippen LogP) is 2.54. The van der Waals surface area contributed by atoms with Gasteiger partial charge >= 0.3 is 0 Å². The molecule has 0 N–H and O–H groups in total. The minimum absolute atomic E-state index is 0.465. The van der Waals surface area contributed by atoms with E-state index in [1.54, 1.807) is 21.8 Å². The van der Waals surface area contributed by atoms with Crippen molar-refractivity contribution in [2.45, 2.75) is 17.1 Å². The highest BCUT2D eigenvalue weighted by atomic mass is 79.9. The Balaban J connectivity index is 2.10. The molecule has 2 heterocycles. The highest BCUT2D eigenvalue weighted by Gasteiger charge is 2.32. The summed E-state index contributed by atoms with van der Waals surface area (Å²) < 4.78 is 26.4. The van der Waals surface area contributed by atoms with Crippen molar-refractivity contribution in [3.05, 3.63) is 17.5 Å². The van der Waals surface area contributed by atoms with Gasteiger partial charge < -0.3 is 0 Å². The van der Waals surface area contributed by atoms with E-state index in [-0.39, 0.29) is 0 Å². The minimum atomic E-state index is -3.21. The molecule has 0 amide bonds. The molecule has 6 heteroatoms. The lowest BCUT2D eigenvalue weighted by Crippen LogP contribution is -2.28. The number of nitrogens with zero attached hydrogens (tertiary/aromatic N) is 1. The zero-order valence-electron chi connectivity index (χ0n) is 8.80. The lowest BCUT2D eigenvalue weighted by atomic mass is 10.1. The fourth-order valence-electron chi connectivity index (χ4n) is 1.94. The van der Waals surface area contributed by atoms with Crippen molar-refractivity contribution in [3.8, 4) is 0 Å². The van der Waals surface area contributed by atoms with Crippen LogP contribution in [0.1, 0.15) is 12.8 Å². The second kappa shape index (κ2) is 5.16. The molecule has 0 bridgehead atoms. The third kappa shape index (κ3) is 2.50. The highest BCUT2D eigenvalue weighted by Crippen LogP contribution is 2.28. The average Bonchev–Trinajstić information content (AvgIpc) is 2.88.